The summed E-state index contributed by atoms with van der Waals surface area (Å²) >= 11 is 0. The van der Waals surface area contributed by atoms with Gasteiger partial charge in [0.15, 0.2) is 0 Å². The summed E-state index contributed by atoms with van der Waals surface area (Å²) in [5.41, 5.74) is 0. The van der Waals surface area contributed by atoms with E-state index >= 15 is 0 Å². The van der Waals surface area contributed by atoms with Crippen molar-refractivity contribution in [3.63, 3.8) is 0 Å². The van der Waals surface area contributed by atoms with Gasteiger partial charge in [0.25, 0.3) is 0 Å². The second-order valence-corrected chi connectivity index (χ2v) is 9.87. The Hall–Kier alpha value is -0.670. The Balaban J connectivity index is -0.000000784. The molecular formula is C32H67NO2. The van der Waals surface area contributed by atoms with Crippen molar-refractivity contribution in [2.75, 3.05) is 19.7 Å². The maximum Gasteiger partial charge on any atom is 0.119 e. The zero-order valence-corrected chi connectivity index (χ0v) is 23.5. The summed E-state index contributed by atoms with van der Waals surface area (Å²) in [5.74, 6) is 0. The summed E-state index contributed by atoms with van der Waals surface area (Å²) in [6, 6.07) is 0. The SMILES string of the molecule is C.CCCCCC/C=C\CO.CCCCCCCCCCCCCCNCCCCCCCC=O. The van der Waals surface area contributed by atoms with Crippen molar-refractivity contribution in [1.82, 2.24) is 5.32 Å². The van der Waals surface area contributed by atoms with Crippen LogP contribution in [0.25, 0.3) is 0 Å². The number of rotatable bonds is 27. The van der Waals surface area contributed by atoms with Gasteiger partial charge in [0.05, 0.1) is 6.61 Å². The number of nitrogens with one attached hydrogen (secondary N) is 1. The van der Waals surface area contributed by atoms with E-state index in [4.69, 9.17) is 5.11 Å². The topological polar surface area (TPSA) is 49.3 Å². The minimum Gasteiger partial charge on any atom is -0.392 e. The van der Waals surface area contributed by atoms with Crippen molar-refractivity contribution in [1.29, 1.82) is 0 Å². The Morgan fingerprint density at radius 2 is 0.886 bits per heavy atom. The number of allylic oxidation sites excluding steroid dienone is 1. The number of carbonyl (C=O) groups is 1. The third-order valence-corrected chi connectivity index (χ3v) is 6.38. The van der Waals surface area contributed by atoms with E-state index in [9.17, 15) is 4.79 Å². The molecule has 0 unspecified atom stereocenters. The van der Waals surface area contributed by atoms with E-state index in [1.807, 2.05) is 6.08 Å². The van der Waals surface area contributed by atoms with Gasteiger partial charge in [0.1, 0.15) is 6.29 Å². The smallest absolute Gasteiger partial charge is 0.119 e. The molecule has 0 aliphatic heterocycles. The lowest BCUT2D eigenvalue weighted by Crippen LogP contribution is -2.16. The van der Waals surface area contributed by atoms with Gasteiger partial charge in [0.2, 0.25) is 0 Å². The number of hydrogen-bond donors (Lipinski definition) is 2. The second-order valence-electron chi connectivity index (χ2n) is 9.87. The van der Waals surface area contributed by atoms with Crippen LogP contribution in [-0.2, 0) is 4.79 Å². The van der Waals surface area contributed by atoms with Crippen LogP contribution >= 0.6 is 0 Å². The van der Waals surface area contributed by atoms with Gasteiger partial charge in [-0.3, -0.25) is 0 Å². The fourth-order valence-corrected chi connectivity index (χ4v) is 4.11. The number of aliphatic hydroxyl groups excluding tert-OH is 1. The van der Waals surface area contributed by atoms with Gasteiger partial charge >= 0.3 is 0 Å². The normalized spacial score (nSPS) is 10.7. The lowest BCUT2D eigenvalue weighted by atomic mass is 10.1. The molecule has 0 aliphatic rings. The molecule has 35 heavy (non-hydrogen) atoms. The van der Waals surface area contributed by atoms with E-state index in [0.29, 0.717) is 0 Å². The molecule has 0 bridgehead atoms. The zero-order chi connectivity index (χ0) is 25.2. The summed E-state index contributed by atoms with van der Waals surface area (Å²) in [6.45, 7) is 7.06. The molecule has 0 spiro atoms. The van der Waals surface area contributed by atoms with Gasteiger partial charge in [0, 0.05) is 6.42 Å². The van der Waals surface area contributed by atoms with Crippen LogP contribution in [0.2, 0.25) is 0 Å². The van der Waals surface area contributed by atoms with Gasteiger partial charge in [-0.2, -0.15) is 0 Å². The average molecular weight is 498 g/mol. The molecule has 0 aliphatic carbocycles. The monoisotopic (exact) mass is 498 g/mol. The van der Waals surface area contributed by atoms with Crippen LogP contribution in [0.1, 0.15) is 169 Å². The molecule has 3 nitrogen and oxygen atoms in total. The summed E-state index contributed by atoms with van der Waals surface area (Å²) < 4.78 is 0. The number of aliphatic hydroxyl groups is 1. The van der Waals surface area contributed by atoms with Crippen LogP contribution in [0.4, 0.5) is 0 Å². The highest BCUT2D eigenvalue weighted by Gasteiger charge is 1.94. The Morgan fingerprint density at radius 3 is 1.31 bits per heavy atom. The standard InChI is InChI=1S/C22H45NO.C9H18O.CH4/c1-2-3-4-5-6-7-8-9-10-11-14-17-20-23-21-18-15-12-13-16-19-22-24;1-2-3-4-5-6-7-8-9-10;/h22-23H,2-21H2,1H3;7-8,10H,2-6,9H2,1H3;1H4/b;8-7-;. The highest BCUT2D eigenvalue weighted by atomic mass is 16.2. The molecule has 0 aromatic heterocycles. The molecule has 0 rings (SSSR count). The van der Waals surface area contributed by atoms with Gasteiger partial charge in [-0.15, -0.1) is 0 Å². The van der Waals surface area contributed by atoms with Crippen molar-refractivity contribution < 1.29 is 9.90 Å². The Bertz CT molecular complexity index is 371. The molecule has 0 heterocycles. The van der Waals surface area contributed by atoms with Crippen molar-refractivity contribution >= 4 is 6.29 Å². The minimum absolute atomic E-state index is 0. The Labute approximate surface area is 222 Å². The zero-order valence-electron chi connectivity index (χ0n) is 23.5. The second kappa shape index (κ2) is 40.5. The first kappa shape index (κ1) is 38.9. The highest BCUT2D eigenvalue weighted by Crippen LogP contribution is 2.11. The highest BCUT2D eigenvalue weighted by molar-refractivity contribution is 5.48. The molecule has 2 N–H and O–H groups in total. The first-order chi connectivity index (χ1) is 16.8. The lowest BCUT2D eigenvalue weighted by Gasteiger charge is -2.05. The van der Waals surface area contributed by atoms with E-state index in [0.717, 1.165) is 25.5 Å². The molecule has 0 radical (unpaired) electrons. The number of aldehydes is 1. The van der Waals surface area contributed by atoms with Gasteiger partial charge < -0.3 is 15.2 Å². The van der Waals surface area contributed by atoms with Crippen molar-refractivity contribution in [2.45, 2.75) is 169 Å². The van der Waals surface area contributed by atoms with Gasteiger partial charge in [-0.1, -0.05) is 143 Å². The first-order valence-electron chi connectivity index (χ1n) is 15.2. The number of unbranched alkanes of at least 4 members (excludes halogenated alkanes) is 20. The molecular weight excluding hydrogens is 430 g/mol. The van der Waals surface area contributed by atoms with Crippen LogP contribution in [0, 0.1) is 0 Å². The number of carbonyl (C=O) groups excluding carboxylic acids is 1. The van der Waals surface area contributed by atoms with Crippen molar-refractivity contribution in [3.05, 3.63) is 12.2 Å². The maximum absolute atomic E-state index is 10.2. The van der Waals surface area contributed by atoms with Crippen LogP contribution in [0.5, 0.6) is 0 Å². The molecule has 3 heteroatoms. The minimum atomic E-state index is 0. The van der Waals surface area contributed by atoms with Crippen molar-refractivity contribution in [2.24, 2.45) is 0 Å². The van der Waals surface area contributed by atoms with E-state index in [1.165, 1.54) is 142 Å². The third kappa shape index (κ3) is 43.8. The summed E-state index contributed by atoms with van der Waals surface area (Å²) in [4.78, 5) is 10.2. The van der Waals surface area contributed by atoms with Crippen LogP contribution < -0.4 is 5.32 Å². The molecule has 0 atom stereocenters. The fraction of sp³-hybridized carbons (Fsp3) is 0.906. The molecule has 0 saturated carbocycles. The van der Waals surface area contributed by atoms with E-state index < -0.39 is 0 Å². The Morgan fingerprint density at radius 1 is 0.514 bits per heavy atom. The summed E-state index contributed by atoms with van der Waals surface area (Å²) in [5, 5.41) is 11.9. The molecule has 0 aromatic rings. The third-order valence-electron chi connectivity index (χ3n) is 6.38. The van der Waals surface area contributed by atoms with Crippen LogP contribution in [0.3, 0.4) is 0 Å². The van der Waals surface area contributed by atoms with Crippen molar-refractivity contribution in [3.8, 4) is 0 Å². The molecule has 212 valence electrons. The predicted molar refractivity (Wildman–Crippen MR) is 159 cm³/mol. The molecule has 0 fully saturated rings. The summed E-state index contributed by atoms with van der Waals surface area (Å²) in [7, 11) is 0. The largest absolute Gasteiger partial charge is 0.392 e. The summed E-state index contributed by atoms with van der Waals surface area (Å²) in [6.07, 6.45) is 35.3. The van der Waals surface area contributed by atoms with Crippen LogP contribution in [-0.4, -0.2) is 31.1 Å². The molecule has 0 saturated heterocycles. The van der Waals surface area contributed by atoms with E-state index in [1.54, 1.807) is 0 Å². The molecule has 0 amide bonds. The Kier molecular flexibility index (Phi) is 45.0. The van der Waals surface area contributed by atoms with Gasteiger partial charge in [-0.25, -0.2) is 0 Å². The fourth-order valence-electron chi connectivity index (χ4n) is 4.11. The number of hydrogen-bond acceptors (Lipinski definition) is 3. The predicted octanol–water partition coefficient (Wildman–Crippen LogP) is 9.96. The first-order valence-corrected chi connectivity index (χ1v) is 15.2. The maximum atomic E-state index is 10.2. The van der Waals surface area contributed by atoms with Crippen LogP contribution in [0.15, 0.2) is 12.2 Å². The van der Waals surface area contributed by atoms with E-state index in [2.05, 4.69) is 25.2 Å². The average Bonchev–Trinajstić information content (AvgIpc) is 2.85. The quantitative estimate of drug-likeness (QED) is 0.0674. The van der Waals surface area contributed by atoms with Gasteiger partial charge in [-0.05, 0) is 45.2 Å². The van der Waals surface area contributed by atoms with E-state index in [-0.39, 0.29) is 14.0 Å². The molecule has 0 aromatic carbocycles. The lowest BCUT2D eigenvalue weighted by molar-refractivity contribution is -0.107.